The molecule has 0 unspecified atom stereocenters. The van der Waals surface area contributed by atoms with Crippen molar-refractivity contribution in [1.29, 1.82) is 0 Å². The third kappa shape index (κ3) is 3.90. The van der Waals surface area contributed by atoms with E-state index in [0.717, 1.165) is 5.69 Å². The van der Waals surface area contributed by atoms with E-state index in [0.29, 0.717) is 16.8 Å². The molecule has 0 bridgehead atoms. The molecular weight excluding hydrogens is 314 g/mol. The molecule has 2 amide bonds. The highest BCUT2D eigenvalue weighted by Crippen LogP contribution is 2.17. The van der Waals surface area contributed by atoms with Crippen LogP contribution in [0.3, 0.4) is 0 Å². The lowest BCUT2D eigenvalue weighted by Gasteiger charge is -2.17. The van der Waals surface area contributed by atoms with Crippen LogP contribution in [0.25, 0.3) is 0 Å². The van der Waals surface area contributed by atoms with E-state index in [1.54, 1.807) is 60.7 Å². The molecule has 0 aliphatic rings. The van der Waals surface area contributed by atoms with E-state index in [2.05, 4.69) is 10.3 Å². The molecular formula is C20H17N3O2. The van der Waals surface area contributed by atoms with Crippen LogP contribution in [-0.2, 0) is 0 Å². The summed E-state index contributed by atoms with van der Waals surface area (Å²) in [6, 6.07) is 19.5. The van der Waals surface area contributed by atoms with Crippen LogP contribution in [0.15, 0.2) is 79.1 Å². The molecule has 3 rings (SSSR count). The van der Waals surface area contributed by atoms with Crippen molar-refractivity contribution in [2.24, 2.45) is 0 Å². The van der Waals surface area contributed by atoms with Crippen molar-refractivity contribution < 1.29 is 9.59 Å². The first-order valence-electron chi connectivity index (χ1n) is 7.80. The lowest BCUT2D eigenvalue weighted by atomic mass is 10.1. The zero-order chi connectivity index (χ0) is 17.6. The van der Waals surface area contributed by atoms with Crippen LogP contribution in [-0.4, -0.2) is 23.8 Å². The second-order valence-corrected chi connectivity index (χ2v) is 5.47. The van der Waals surface area contributed by atoms with Crippen molar-refractivity contribution in [1.82, 2.24) is 4.98 Å². The molecule has 0 saturated carbocycles. The van der Waals surface area contributed by atoms with Gasteiger partial charge in [0, 0.05) is 41.9 Å². The number of carbonyl (C=O) groups is 2. The molecule has 0 saturated heterocycles. The third-order valence-electron chi connectivity index (χ3n) is 3.78. The Hall–Kier alpha value is -3.47. The molecule has 1 heterocycles. The molecule has 2 aromatic carbocycles. The van der Waals surface area contributed by atoms with Crippen LogP contribution < -0.4 is 10.2 Å². The van der Waals surface area contributed by atoms with Crippen LogP contribution in [0.1, 0.15) is 20.7 Å². The summed E-state index contributed by atoms with van der Waals surface area (Å²) < 4.78 is 0. The Morgan fingerprint density at radius 3 is 2.12 bits per heavy atom. The molecule has 25 heavy (non-hydrogen) atoms. The predicted octanol–water partition coefficient (Wildman–Crippen LogP) is 3.61. The van der Waals surface area contributed by atoms with Gasteiger partial charge in [0.2, 0.25) is 0 Å². The van der Waals surface area contributed by atoms with Crippen molar-refractivity contribution in [3.05, 3.63) is 90.3 Å². The second-order valence-electron chi connectivity index (χ2n) is 5.47. The number of hydrogen-bond donors (Lipinski definition) is 1. The van der Waals surface area contributed by atoms with Gasteiger partial charge in [-0.15, -0.1) is 0 Å². The zero-order valence-electron chi connectivity index (χ0n) is 13.7. The number of anilines is 2. The number of rotatable bonds is 4. The molecule has 3 aromatic rings. The molecule has 5 heteroatoms. The molecule has 5 nitrogen and oxygen atoms in total. The van der Waals surface area contributed by atoms with Crippen molar-refractivity contribution in [3.63, 3.8) is 0 Å². The lowest BCUT2D eigenvalue weighted by Crippen LogP contribution is -2.26. The van der Waals surface area contributed by atoms with Crippen molar-refractivity contribution >= 4 is 23.2 Å². The van der Waals surface area contributed by atoms with Crippen LogP contribution in [0.2, 0.25) is 0 Å². The quantitative estimate of drug-likeness (QED) is 0.794. The van der Waals surface area contributed by atoms with Gasteiger partial charge in [-0.3, -0.25) is 14.6 Å². The van der Waals surface area contributed by atoms with Gasteiger partial charge in [0.05, 0.1) is 0 Å². The van der Waals surface area contributed by atoms with Gasteiger partial charge in [0.15, 0.2) is 0 Å². The highest BCUT2D eigenvalue weighted by atomic mass is 16.2. The first kappa shape index (κ1) is 16.4. The maximum absolute atomic E-state index is 12.5. The van der Waals surface area contributed by atoms with E-state index in [4.69, 9.17) is 0 Å². The largest absolute Gasteiger partial charge is 0.322 e. The fraction of sp³-hybridized carbons (Fsp3) is 0.0500. The molecule has 0 aliphatic carbocycles. The van der Waals surface area contributed by atoms with Gasteiger partial charge in [-0.1, -0.05) is 18.2 Å². The van der Waals surface area contributed by atoms with Gasteiger partial charge >= 0.3 is 0 Å². The summed E-state index contributed by atoms with van der Waals surface area (Å²) in [6.45, 7) is 0. The van der Waals surface area contributed by atoms with E-state index >= 15 is 0 Å². The topological polar surface area (TPSA) is 62.3 Å². The monoisotopic (exact) mass is 331 g/mol. The molecule has 0 aliphatic heterocycles. The lowest BCUT2D eigenvalue weighted by molar-refractivity contribution is 0.0991. The minimum Gasteiger partial charge on any atom is -0.322 e. The molecule has 1 N–H and O–H groups in total. The Bertz CT molecular complexity index is 862. The van der Waals surface area contributed by atoms with E-state index in [1.165, 1.54) is 0 Å². The summed E-state index contributed by atoms with van der Waals surface area (Å²) in [4.78, 5) is 30.1. The number of benzene rings is 2. The Labute approximate surface area is 145 Å². The van der Waals surface area contributed by atoms with Crippen LogP contribution >= 0.6 is 0 Å². The van der Waals surface area contributed by atoms with E-state index < -0.39 is 0 Å². The number of hydrogen-bond acceptors (Lipinski definition) is 3. The number of carbonyl (C=O) groups excluding carboxylic acids is 2. The predicted molar refractivity (Wildman–Crippen MR) is 97.8 cm³/mol. The number of aromatic nitrogens is 1. The smallest absolute Gasteiger partial charge is 0.258 e. The number of nitrogens with one attached hydrogen (secondary N) is 1. The number of nitrogens with zero attached hydrogens (tertiary/aromatic N) is 2. The number of pyridine rings is 1. The van der Waals surface area contributed by atoms with Crippen LogP contribution in [0.5, 0.6) is 0 Å². The van der Waals surface area contributed by atoms with Gasteiger partial charge in [0.1, 0.15) is 0 Å². The maximum Gasteiger partial charge on any atom is 0.258 e. The Kier molecular flexibility index (Phi) is 4.85. The van der Waals surface area contributed by atoms with Crippen LogP contribution in [0.4, 0.5) is 11.4 Å². The average Bonchev–Trinajstić information content (AvgIpc) is 2.69. The highest BCUT2D eigenvalue weighted by molar-refractivity contribution is 6.07. The normalized spacial score (nSPS) is 10.1. The third-order valence-corrected chi connectivity index (χ3v) is 3.78. The molecule has 0 atom stereocenters. The molecule has 1 aromatic heterocycles. The van der Waals surface area contributed by atoms with Gasteiger partial charge < -0.3 is 10.2 Å². The SMILES string of the molecule is CN(C(=O)c1ccc(NC(=O)c2ccncc2)cc1)c1ccccc1. The van der Waals surface area contributed by atoms with E-state index in [1.807, 2.05) is 30.3 Å². The van der Waals surface area contributed by atoms with Gasteiger partial charge in [0.25, 0.3) is 11.8 Å². The number of para-hydroxylation sites is 1. The Morgan fingerprint density at radius 2 is 1.48 bits per heavy atom. The summed E-state index contributed by atoms with van der Waals surface area (Å²) in [5.41, 5.74) is 2.52. The minimum absolute atomic E-state index is 0.113. The van der Waals surface area contributed by atoms with E-state index in [9.17, 15) is 9.59 Å². The summed E-state index contributed by atoms with van der Waals surface area (Å²) in [7, 11) is 1.73. The highest BCUT2D eigenvalue weighted by Gasteiger charge is 2.13. The maximum atomic E-state index is 12.5. The fourth-order valence-electron chi connectivity index (χ4n) is 2.37. The molecule has 124 valence electrons. The summed E-state index contributed by atoms with van der Waals surface area (Å²) in [6.07, 6.45) is 3.13. The van der Waals surface area contributed by atoms with Gasteiger partial charge in [-0.25, -0.2) is 0 Å². The van der Waals surface area contributed by atoms with Crippen LogP contribution in [0, 0.1) is 0 Å². The standard InChI is InChI=1S/C20H17N3O2/c1-23(18-5-3-2-4-6-18)20(25)16-7-9-17(10-8-16)22-19(24)15-11-13-21-14-12-15/h2-14H,1H3,(H,22,24). The van der Waals surface area contributed by atoms with Crippen molar-refractivity contribution in [2.45, 2.75) is 0 Å². The molecule has 0 radical (unpaired) electrons. The Morgan fingerprint density at radius 1 is 0.840 bits per heavy atom. The minimum atomic E-state index is -0.220. The van der Waals surface area contributed by atoms with Crippen molar-refractivity contribution in [3.8, 4) is 0 Å². The molecule has 0 spiro atoms. The first-order valence-corrected chi connectivity index (χ1v) is 7.80. The first-order chi connectivity index (χ1) is 12.1. The average molecular weight is 331 g/mol. The zero-order valence-corrected chi connectivity index (χ0v) is 13.7. The summed E-state index contributed by atoms with van der Waals surface area (Å²) in [5.74, 6) is -0.332. The van der Waals surface area contributed by atoms with Gasteiger partial charge in [-0.05, 0) is 48.5 Å². The summed E-state index contributed by atoms with van der Waals surface area (Å²) in [5, 5.41) is 2.79. The van der Waals surface area contributed by atoms with Crippen molar-refractivity contribution in [2.75, 3.05) is 17.3 Å². The molecule has 0 fully saturated rings. The van der Waals surface area contributed by atoms with E-state index in [-0.39, 0.29) is 11.8 Å². The second kappa shape index (κ2) is 7.40. The fourth-order valence-corrected chi connectivity index (χ4v) is 2.37. The van der Waals surface area contributed by atoms with Gasteiger partial charge in [-0.2, -0.15) is 0 Å². The Balaban J connectivity index is 1.70. The number of amides is 2. The summed E-state index contributed by atoms with van der Waals surface area (Å²) >= 11 is 0.